The molecule has 314 valence electrons. The van der Waals surface area contributed by atoms with Gasteiger partial charge in [-0.15, -0.1) is 18.3 Å². The fraction of sp³-hybridized carbons (Fsp3) is 0.283. The number of nitrogens with zero attached hydrogens (tertiary/aromatic N) is 1. The molecule has 6 rings (SSSR count). The predicted octanol–water partition coefficient (Wildman–Crippen LogP) is 12.6. The third kappa shape index (κ3) is 16.2. The van der Waals surface area contributed by atoms with E-state index in [2.05, 4.69) is 51.8 Å². The minimum absolute atomic E-state index is 0.0230. The van der Waals surface area contributed by atoms with Crippen molar-refractivity contribution in [2.45, 2.75) is 58.9 Å². The predicted molar refractivity (Wildman–Crippen MR) is 246 cm³/mol. The van der Waals surface area contributed by atoms with E-state index in [9.17, 15) is 23.1 Å². The Balaban J connectivity index is 0.000000404. The number of carbonyl (C=O) groups excluding carboxylic acids is 1. The molecule has 5 N–H and O–H groups in total. The number of nitrogens with one attached hydrogen (secondary N) is 2. The summed E-state index contributed by atoms with van der Waals surface area (Å²) in [5.41, 5.74) is 5.56. The second kappa shape index (κ2) is 24.9. The van der Waals surface area contributed by atoms with E-state index in [1.807, 2.05) is 86.4 Å². The molecule has 0 spiro atoms. The number of aliphatic hydroxyl groups excluding tert-OH is 1. The van der Waals surface area contributed by atoms with Crippen molar-refractivity contribution >= 4 is 64.4 Å². The van der Waals surface area contributed by atoms with Gasteiger partial charge in [-0.1, -0.05) is 72.3 Å². The lowest BCUT2D eigenvalue weighted by Gasteiger charge is -2.36. The number of rotatable bonds is 14. The highest BCUT2D eigenvalue weighted by molar-refractivity contribution is 8.00. The van der Waals surface area contributed by atoms with Crippen molar-refractivity contribution in [3.63, 3.8) is 0 Å². The van der Waals surface area contributed by atoms with Gasteiger partial charge < -0.3 is 21.1 Å². The molecule has 1 heterocycles. The van der Waals surface area contributed by atoms with Gasteiger partial charge in [0.15, 0.2) is 0 Å². The molecule has 0 saturated carbocycles. The van der Waals surface area contributed by atoms with Gasteiger partial charge in [0.1, 0.15) is 0 Å². The van der Waals surface area contributed by atoms with Crippen LogP contribution in [-0.4, -0.2) is 49.0 Å². The van der Waals surface area contributed by atoms with E-state index in [4.69, 9.17) is 17.3 Å². The summed E-state index contributed by atoms with van der Waals surface area (Å²) in [6.45, 7) is 7.92. The summed E-state index contributed by atoms with van der Waals surface area (Å²) in [6, 6.07) is 37.6. The molecule has 1 atom stereocenters. The highest BCUT2D eigenvalue weighted by Crippen LogP contribution is 2.41. The van der Waals surface area contributed by atoms with E-state index in [0.29, 0.717) is 15.5 Å². The lowest BCUT2D eigenvalue weighted by atomic mass is 9.84. The number of piperidine rings is 1. The smallest absolute Gasteiger partial charge is 0.398 e. The zero-order valence-electron chi connectivity index (χ0n) is 33.3. The second-order valence-electron chi connectivity index (χ2n) is 13.6. The molecule has 1 fully saturated rings. The Bertz CT molecular complexity index is 2020. The van der Waals surface area contributed by atoms with Crippen LogP contribution in [-0.2, 0) is 0 Å². The zero-order valence-corrected chi connectivity index (χ0v) is 36.5. The minimum atomic E-state index is -4.46. The van der Waals surface area contributed by atoms with Crippen LogP contribution < -0.4 is 20.7 Å². The molecule has 1 aliphatic rings. The van der Waals surface area contributed by atoms with E-state index in [0.717, 1.165) is 66.8 Å². The second-order valence-corrected chi connectivity index (χ2v) is 17.2. The number of thioether (sulfide) groups is 2. The molecule has 1 amide bonds. The molecule has 59 heavy (non-hydrogen) atoms. The molecule has 13 heteroatoms. The molecule has 1 aliphatic heterocycles. The lowest BCUT2D eigenvalue weighted by molar-refractivity contribution is -0.0328. The molecule has 0 aromatic heterocycles. The molecule has 6 nitrogen and oxygen atoms in total. The summed E-state index contributed by atoms with van der Waals surface area (Å²) in [5, 5.41) is 15.2. The van der Waals surface area contributed by atoms with E-state index < -0.39 is 11.6 Å². The number of benzene rings is 5. The summed E-state index contributed by atoms with van der Waals surface area (Å²) in [6.07, 6.45) is 5.34. The number of unbranched alkanes of at least 4 members (excludes halogenated alkanes) is 1. The topological polar surface area (TPSA) is 90.6 Å². The van der Waals surface area contributed by atoms with Crippen molar-refractivity contribution in [1.82, 2.24) is 10.0 Å². The molecule has 1 unspecified atom stereocenters. The Labute approximate surface area is 364 Å². The third-order valence-corrected chi connectivity index (χ3v) is 12.2. The minimum Gasteiger partial charge on any atom is -0.398 e. The maximum Gasteiger partial charge on any atom is 0.446 e. The first kappa shape index (κ1) is 47.6. The van der Waals surface area contributed by atoms with Crippen LogP contribution in [0.2, 0.25) is 5.02 Å². The number of allylic oxidation sites excluding steroid dienone is 1. The largest absolute Gasteiger partial charge is 0.446 e. The SMILES string of the molecule is C=CC.CNCCCCSc1ccccc1.Nc1ccc(SNC(=O)c2ccc(N3CCC(C(O)c4ccccc4-c4ccc(Cl)cc4)CC3)cc2)cc1SC(F)(F)F. The average Bonchev–Trinajstić information content (AvgIpc) is 3.24. The number of nitrogen functional groups attached to an aromatic ring is 1. The molecule has 0 radical (unpaired) electrons. The first-order chi connectivity index (χ1) is 28.4. The first-order valence-corrected chi connectivity index (χ1v) is 22.3. The normalized spacial score (nSPS) is 13.3. The number of carbonyl (C=O) groups is 1. The van der Waals surface area contributed by atoms with Crippen LogP contribution in [0.5, 0.6) is 0 Å². The molecule has 0 aliphatic carbocycles. The van der Waals surface area contributed by atoms with Crippen LogP contribution in [0.25, 0.3) is 11.1 Å². The summed E-state index contributed by atoms with van der Waals surface area (Å²) < 4.78 is 41.0. The lowest BCUT2D eigenvalue weighted by Crippen LogP contribution is -2.35. The molecule has 5 aromatic carbocycles. The van der Waals surface area contributed by atoms with E-state index in [1.165, 1.54) is 35.6 Å². The van der Waals surface area contributed by atoms with E-state index in [1.54, 1.807) is 24.3 Å². The van der Waals surface area contributed by atoms with Gasteiger partial charge in [-0.2, -0.15) is 13.2 Å². The molecule has 1 saturated heterocycles. The molecule has 0 bridgehead atoms. The van der Waals surface area contributed by atoms with Crippen LogP contribution in [0.3, 0.4) is 0 Å². The van der Waals surface area contributed by atoms with Crippen LogP contribution in [0.1, 0.15) is 54.6 Å². The number of anilines is 2. The van der Waals surface area contributed by atoms with Crippen LogP contribution in [0.15, 0.2) is 149 Å². The molecule has 5 aromatic rings. The fourth-order valence-corrected chi connectivity index (χ4v) is 8.66. The summed E-state index contributed by atoms with van der Waals surface area (Å²) >= 11 is 8.65. The van der Waals surface area contributed by atoms with Crippen LogP contribution >= 0.6 is 47.1 Å². The summed E-state index contributed by atoms with van der Waals surface area (Å²) in [7, 11) is 2.00. The van der Waals surface area contributed by atoms with Crippen molar-refractivity contribution in [1.29, 1.82) is 0 Å². The van der Waals surface area contributed by atoms with Gasteiger partial charge in [-0.3, -0.25) is 9.52 Å². The summed E-state index contributed by atoms with van der Waals surface area (Å²) in [5.74, 6) is 0.973. The van der Waals surface area contributed by atoms with Gasteiger partial charge in [0, 0.05) is 49.7 Å². The number of nitrogens with two attached hydrogens (primary N) is 1. The Morgan fingerprint density at radius 2 is 1.58 bits per heavy atom. The Kier molecular flexibility index (Phi) is 20.1. The van der Waals surface area contributed by atoms with Gasteiger partial charge in [0.2, 0.25) is 0 Å². The van der Waals surface area contributed by atoms with Gasteiger partial charge in [0.25, 0.3) is 5.91 Å². The Hall–Kier alpha value is -4.04. The number of halogens is 4. The zero-order chi connectivity index (χ0) is 42.6. The van der Waals surface area contributed by atoms with Crippen molar-refractivity contribution in [2.75, 3.05) is 43.1 Å². The van der Waals surface area contributed by atoms with Crippen LogP contribution in [0, 0.1) is 5.92 Å². The van der Waals surface area contributed by atoms with Crippen molar-refractivity contribution < 1.29 is 23.1 Å². The molecular formula is C46H52ClF3N4O2S3. The van der Waals surface area contributed by atoms with Gasteiger partial charge in [-0.25, -0.2) is 0 Å². The Morgan fingerprint density at radius 3 is 2.22 bits per heavy atom. The third-order valence-electron chi connectivity index (χ3n) is 9.22. The number of hydrogen-bond donors (Lipinski definition) is 4. The number of amides is 1. The Morgan fingerprint density at radius 1 is 0.932 bits per heavy atom. The van der Waals surface area contributed by atoms with Crippen LogP contribution in [0.4, 0.5) is 24.5 Å². The van der Waals surface area contributed by atoms with Crippen molar-refractivity contribution in [3.05, 3.63) is 150 Å². The maximum absolute atomic E-state index is 12.8. The van der Waals surface area contributed by atoms with Crippen molar-refractivity contribution in [3.8, 4) is 11.1 Å². The van der Waals surface area contributed by atoms with Gasteiger partial charge in [-0.05, 0) is 165 Å². The molecular weight excluding hydrogens is 829 g/mol. The maximum atomic E-state index is 12.8. The summed E-state index contributed by atoms with van der Waals surface area (Å²) in [4.78, 5) is 16.6. The average molecular weight is 882 g/mol. The van der Waals surface area contributed by atoms with E-state index in [-0.39, 0.29) is 34.2 Å². The quantitative estimate of drug-likeness (QED) is 0.0288. The van der Waals surface area contributed by atoms with Gasteiger partial charge >= 0.3 is 5.51 Å². The first-order valence-electron chi connectivity index (χ1n) is 19.3. The highest BCUT2D eigenvalue weighted by atomic mass is 35.5. The van der Waals surface area contributed by atoms with E-state index >= 15 is 0 Å². The number of hydrogen-bond acceptors (Lipinski definition) is 8. The van der Waals surface area contributed by atoms with Gasteiger partial charge in [0.05, 0.1) is 6.10 Å². The van der Waals surface area contributed by atoms with Crippen molar-refractivity contribution in [2.24, 2.45) is 5.92 Å². The number of alkyl halides is 3. The monoisotopic (exact) mass is 880 g/mol. The number of aliphatic hydroxyl groups is 1. The standard InChI is InChI=1S/C32H29ClF3N3O2S2.C11H17NS.C3H6/c33-23-9-5-20(6-10-23)26-3-1-2-4-27(26)30(40)21-15-17-39(18-16-21)24-11-7-22(8-12-24)31(41)38-43-25-13-14-28(37)29(19-25)42-32(34,35)36;1-12-9-5-6-10-13-11-7-3-2-4-8-11;1-3-2/h1-14,19,21,30,40H,15-18,37H2,(H,38,41);2-4,7-8,12H,5-6,9-10H2,1H3;3H,1H2,2H3. The highest BCUT2D eigenvalue weighted by Gasteiger charge is 2.31. The fourth-order valence-electron chi connectivity index (χ4n) is 6.26.